The number of benzene rings is 1. The van der Waals surface area contributed by atoms with Gasteiger partial charge in [0.1, 0.15) is 0 Å². The molecule has 4 atom stereocenters. The molecule has 5 fully saturated rings. The normalized spacial score (nSPS) is 41.2. The van der Waals surface area contributed by atoms with Gasteiger partial charge in [-0.15, -0.1) is 0 Å². The van der Waals surface area contributed by atoms with E-state index in [0.29, 0.717) is 11.8 Å². The molecule has 4 bridgehead atoms. The fraction of sp³-hybridized carbons (Fsp3) is 0.619. The summed E-state index contributed by atoms with van der Waals surface area (Å²) < 4.78 is 0. The van der Waals surface area contributed by atoms with Gasteiger partial charge in [0.15, 0.2) is 0 Å². The second-order valence-electron chi connectivity index (χ2n) is 8.62. The molecule has 1 N–H and O–H groups in total. The number of nitrogens with one attached hydrogen (secondary N) is 1. The number of rotatable bonds is 3. The highest BCUT2D eigenvalue weighted by molar-refractivity contribution is 5.90. The molecular weight excluding hydrogens is 296 g/mol. The van der Waals surface area contributed by atoms with Crippen molar-refractivity contribution < 1.29 is 4.79 Å². The average Bonchev–Trinajstić information content (AvgIpc) is 3.40. The molecule has 6 rings (SSSR count). The summed E-state index contributed by atoms with van der Waals surface area (Å²) in [5, 5.41) is 4.65. The van der Waals surface area contributed by atoms with E-state index in [2.05, 4.69) is 34.8 Å². The molecule has 126 valence electrons. The maximum Gasteiger partial charge on any atom is 0.243 e. The van der Waals surface area contributed by atoms with E-state index in [-0.39, 0.29) is 11.8 Å². The number of carbonyl (C=O) groups is 1. The van der Waals surface area contributed by atoms with Crippen LogP contribution in [0.2, 0.25) is 0 Å². The van der Waals surface area contributed by atoms with Crippen LogP contribution in [0.1, 0.15) is 56.4 Å². The minimum atomic E-state index is 0.121. The molecule has 0 aromatic heterocycles. The number of amides is 1. The first-order chi connectivity index (χ1) is 11.8. The van der Waals surface area contributed by atoms with Gasteiger partial charge in [0.2, 0.25) is 5.91 Å². The van der Waals surface area contributed by atoms with Crippen molar-refractivity contribution in [2.45, 2.75) is 50.9 Å². The van der Waals surface area contributed by atoms with Crippen molar-refractivity contribution in [3.63, 3.8) is 0 Å². The molecule has 1 amide bonds. The van der Waals surface area contributed by atoms with Gasteiger partial charge in [0, 0.05) is 11.6 Å². The third-order valence-corrected chi connectivity index (χ3v) is 6.87. The lowest BCUT2D eigenvalue weighted by atomic mass is 9.68. The van der Waals surface area contributed by atoms with E-state index in [0.717, 1.165) is 30.6 Å². The fourth-order valence-corrected chi connectivity index (χ4v) is 5.79. The van der Waals surface area contributed by atoms with Crippen molar-refractivity contribution in [2.75, 3.05) is 0 Å². The Bertz CT molecular complexity index is 654. The summed E-state index contributed by atoms with van der Waals surface area (Å²) >= 11 is 0. The lowest BCUT2D eigenvalue weighted by Gasteiger charge is -2.37. The quantitative estimate of drug-likeness (QED) is 0.836. The van der Waals surface area contributed by atoms with Crippen LogP contribution in [0.3, 0.4) is 0 Å². The van der Waals surface area contributed by atoms with E-state index >= 15 is 0 Å². The summed E-state index contributed by atoms with van der Waals surface area (Å²) in [6, 6.07) is 10.4. The zero-order valence-corrected chi connectivity index (χ0v) is 14.2. The Morgan fingerprint density at radius 2 is 1.62 bits per heavy atom. The van der Waals surface area contributed by atoms with E-state index in [1.54, 1.807) is 0 Å². The largest absolute Gasteiger partial charge is 0.273 e. The van der Waals surface area contributed by atoms with E-state index in [9.17, 15) is 4.79 Å². The number of fused-ring (bicyclic) bond motifs is 1. The topological polar surface area (TPSA) is 41.5 Å². The summed E-state index contributed by atoms with van der Waals surface area (Å²) in [4.78, 5) is 12.5. The van der Waals surface area contributed by atoms with E-state index < -0.39 is 0 Å². The maximum atomic E-state index is 12.5. The molecule has 3 nitrogen and oxygen atoms in total. The molecule has 24 heavy (non-hydrogen) atoms. The summed E-state index contributed by atoms with van der Waals surface area (Å²) in [6.07, 6.45) is 8.99. The average molecular weight is 322 g/mol. The lowest BCUT2D eigenvalue weighted by Crippen LogP contribution is -2.29. The van der Waals surface area contributed by atoms with Crippen LogP contribution in [0.25, 0.3) is 0 Å². The third-order valence-electron chi connectivity index (χ3n) is 6.87. The number of hydrazone groups is 1. The van der Waals surface area contributed by atoms with Crippen LogP contribution < -0.4 is 5.43 Å². The van der Waals surface area contributed by atoms with E-state index in [1.165, 1.54) is 43.4 Å². The molecule has 0 heterocycles. The van der Waals surface area contributed by atoms with Crippen molar-refractivity contribution in [1.82, 2.24) is 5.43 Å². The van der Waals surface area contributed by atoms with Gasteiger partial charge in [-0.3, -0.25) is 4.79 Å². The smallest absolute Gasteiger partial charge is 0.243 e. The molecule has 0 aliphatic heterocycles. The SMILES string of the molecule is O=C(N/N=C1/CC2C[C@H]3CC1C[C@H](C2)C3)[C@@H]1C[C@@H]1c1ccccc1. The molecule has 5 saturated carbocycles. The predicted octanol–water partition coefficient (Wildman–Crippen LogP) is 4.11. The minimum Gasteiger partial charge on any atom is -0.273 e. The first-order valence-corrected chi connectivity index (χ1v) is 9.67. The lowest BCUT2D eigenvalue weighted by molar-refractivity contribution is -0.122. The Morgan fingerprint density at radius 3 is 2.38 bits per heavy atom. The van der Waals surface area contributed by atoms with Crippen LogP contribution >= 0.6 is 0 Å². The zero-order valence-electron chi connectivity index (χ0n) is 14.2. The second kappa shape index (κ2) is 5.72. The molecular formula is C21H26N2O. The molecule has 5 aliphatic rings. The summed E-state index contributed by atoms with van der Waals surface area (Å²) in [7, 11) is 0. The first-order valence-electron chi connectivity index (χ1n) is 9.67. The summed E-state index contributed by atoms with van der Waals surface area (Å²) in [5.41, 5.74) is 5.52. The summed E-state index contributed by atoms with van der Waals surface area (Å²) in [5.74, 6) is 3.98. The minimum absolute atomic E-state index is 0.121. The molecule has 1 aromatic rings. The van der Waals surface area contributed by atoms with Crippen LogP contribution in [0.15, 0.2) is 35.4 Å². The van der Waals surface area contributed by atoms with Gasteiger partial charge in [0.25, 0.3) is 0 Å². The van der Waals surface area contributed by atoms with Crippen molar-refractivity contribution >= 4 is 11.6 Å². The first kappa shape index (κ1) is 14.7. The molecule has 1 aromatic carbocycles. The number of carbonyl (C=O) groups excluding carboxylic acids is 1. The van der Waals surface area contributed by atoms with Crippen LogP contribution in [-0.2, 0) is 4.79 Å². The molecule has 0 saturated heterocycles. The molecule has 0 radical (unpaired) electrons. The van der Waals surface area contributed by atoms with Gasteiger partial charge in [-0.25, -0.2) is 5.43 Å². The number of hydrogen-bond acceptors (Lipinski definition) is 2. The van der Waals surface area contributed by atoms with Gasteiger partial charge in [-0.05, 0) is 80.1 Å². The van der Waals surface area contributed by atoms with Gasteiger partial charge in [-0.1, -0.05) is 30.3 Å². The summed E-state index contributed by atoms with van der Waals surface area (Å²) in [6.45, 7) is 0. The Balaban J connectivity index is 1.24. The Morgan fingerprint density at radius 1 is 0.917 bits per heavy atom. The van der Waals surface area contributed by atoms with Crippen molar-refractivity contribution in [2.24, 2.45) is 34.7 Å². The molecule has 0 spiro atoms. The van der Waals surface area contributed by atoms with Crippen molar-refractivity contribution in [3.8, 4) is 0 Å². The standard InChI is InChI=1S/C21H26N2O/c24-21(19-12-18(19)16-4-2-1-3-5-16)23-22-20-11-15-7-13-6-14(8-15)10-17(20)9-13/h1-5,13-15,17-19H,6-12H2,(H,23,24)/b22-20-/t13-,14-,15?,17?,18+,19+/m0/s1. The second-order valence-corrected chi connectivity index (χ2v) is 8.62. The van der Waals surface area contributed by atoms with Crippen LogP contribution in [0.5, 0.6) is 0 Å². The van der Waals surface area contributed by atoms with Gasteiger partial charge < -0.3 is 0 Å². The van der Waals surface area contributed by atoms with E-state index in [1.807, 2.05) is 6.07 Å². The highest BCUT2D eigenvalue weighted by Crippen LogP contribution is 2.50. The van der Waals surface area contributed by atoms with Gasteiger partial charge >= 0.3 is 0 Å². The van der Waals surface area contributed by atoms with Crippen molar-refractivity contribution in [3.05, 3.63) is 35.9 Å². The third kappa shape index (κ3) is 2.68. The highest BCUT2D eigenvalue weighted by Gasteiger charge is 2.45. The Kier molecular flexibility index (Phi) is 3.50. The molecule has 5 aliphatic carbocycles. The van der Waals surface area contributed by atoms with Gasteiger partial charge in [0.05, 0.1) is 0 Å². The van der Waals surface area contributed by atoms with Crippen LogP contribution in [0, 0.1) is 29.6 Å². The fourth-order valence-electron chi connectivity index (χ4n) is 5.79. The molecule has 3 heteroatoms. The number of nitrogens with zero attached hydrogens (tertiary/aromatic N) is 1. The van der Waals surface area contributed by atoms with Crippen LogP contribution in [0.4, 0.5) is 0 Å². The monoisotopic (exact) mass is 322 g/mol. The van der Waals surface area contributed by atoms with Crippen molar-refractivity contribution in [1.29, 1.82) is 0 Å². The zero-order chi connectivity index (χ0) is 16.1. The van der Waals surface area contributed by atoms with Crippen LogP contribution in [-0.4, -0.2) is 11.6 Å². The van der Waals surface area contributed by atoms with E-state index in [4.69, 9.17) is 0 Å². The Hall–Kier alpha value is -1.64. The number of hydrogen-bond donors (Lipinski definition) is 1. The molecule has 0 unspecified atom stereocenters. The highest BCUT2D eigenvalue weighted by atomic mass is 16.2. The maximum absolute atomic E-state index is 12.5. The predicted molar refractivity (Wildman–Crippen MR) is 94.5 cm³/mol. The Labute approximate surface area is 143 Å². The van der Waals surface area contributed by atoms with Gasteiger partial charge in [-0.2, -0.15) is 5.10 Å².